The van der Waals surface area contributed by atoms with E-state index in [2.05, 4.69) is 5.32 Å². The molecule has 1 aromatic rings. The molecule has 0 fully saturated rings. The first-order chi connectivity index (χ1) is 10.4. The average Bonchev–Trinajstić information content (AvgIpc) is 2.47. The van der Waals surface area contributed by atoms with Crippen LogP contribution in [0, 0.1) is 0 Å². The van der Waals surface area contributed by atoms with E-state index in [0.29, 0.717) is 31.2 Å². The van der Waals surface area contributed by atoms with Crippen LogP contribution in [-0.2, 0) is 19.6 Å². The highest BCUT2D eigenvalue weighted by molar-refractivity contribution is 7.89. The van der Waals surface area contributed by atoms with Gasteiger partial charge in [-0.3, -0.25) is 4.79 Å². The average molecular weight is 349 g/mol. The number of carbonyl (C=O) groups excluding carboxylic acids is 1. The van der Waals surface area contributed by atoms with Gasteiger partial charge in [-0.2, -0.15) is 4.31 Å². The van der Waals surface area contributed by atoms with Crippen molar-refractivity contribution in [3.63, 3.8) is 0 Å². The third-order valence-electron chi connectivity index (χ3n) is 2.88. The lowest BCUT2D eigenvalue weighted by atomic mass is 10.4. The van der Waals surface area contributed by atoms with E-state index in [1.165, 1.54) is 31.3 Å². The van der Waals surface area contributed by atoms with Crippen molar-refractivity contribution >= 4 is 27.5 Å². The van der Waals surface area contributed by atoms with Crippen molar-refractivity contribution in [1.82, 2.24) is 9.62 Å². The highest BCUT2D eigenvalue weighted by Gasteiger charge is 2.22. The number of nitrogens with one attached hydrogen (secondary N) is 1. The van der Waals surface area contributed by atoms with Crippen molar-refractivity contribution in [1.29, 1.82) is 0 Å². The summed E-state index contributed by atoms with van der Waals surface area (Å²) in [6.07, 6.45) is 0.688. The molecule has 0 aliphatic heterocycles. The third-order valence-corrected chi connectivity index (χ3v) is 4.95. The Balaban J connectivity index is 2.51. The first-order valence-corrected chi connectivity index (χ1v) is 8.76. The molecule has 0 aromatic heterocycles. The lowest BCUT2D eigenvalue weighted by Crippen LogP contribution is -2.38. The second-order valence-corrected chi connectivity index (χ2v) is 7.10. The zero-order chi connectivity index (χ0) is 16.6. The van der Waals surface area contributed by atoms with Gasteiger partial charge < -0.3 is 10.1 Å². The van der Waals surface area contributed by atoms with E-state index in [-0.39, 0.29) is 17.3 Å². The maximum atomic E-state index is 12.3. The topological polar surface area (TPSA) is 75.7 Å². The number of benzene rings is 1. The lowest BCUT2D eigenvalue weighted by molar-refractivity contribution is -0.121. The molecule has 0 unspecified atom stereocenters. The molecule has 0 aliphatic rings. The van der Waals surface area contributed by atoms with Gasteiger partial charge in [0.15, 0.2) is 0 Å². The first kappa shape index (κ1) is 18.9. The molecule has 6 nitrogen and oxygen atoms in total. The van der Waals surface area contributed by atoms with Crippen LogP contribution < -0.4 is 5.32 Å². The summed E-state index contributed by atoms with van der Waals surface area (Å²) in [6.45, 7) is 3.31. The third kappa shape index (κ3) is 5.92. The number of carbonyl (C=O) groups is 1. The fraction of sp³-hybridized carbons (Fsp3) is 0.500. The Morgan fingerprint density at radius 3 is 2.55 bits per heavy atom. The Bertz CT molecular complexity index is 575. The number of nitrogens with zero attached hydrogens (tertiary/aromatic N) is 1. The lowest BCUT2D eigenvalue weighted by Gasteiger charge is -2.17. The number of amides is 1. The minimum absolute atomic E-state index is 0.101. The van der Waals surface area contributed by atoms with E-state index in [9.17, 15) is 13.2 Å². The van der Waals surface area contributed by atoms with Crippen LogP contribution in [0.2, 0.25) is 5.02 Å². The molecule has 0 spiro atoms. The van der Waals surface area contributed by atoms with Gasteiger partial charge in [0, 0.05) is 31.8 Å². The summed E-state index contributed by atoms with van der Waals surface area (Å²) in [6, 6.07) is 5.81. The van der Waals surface area contributed by atoms with Crippen LogP contribution >= 0.6 is 11.6 Å². The molecular formula is C14H21ClN2O4S. The summed E-state index contributed by atoms with van der Waals surface area (Å²) in [5, 5.41) is 3.11. The molecule has 0 saturated heterocycles. The van der Waals surface area contributed by atoms with Crippen LogP contribution in [0.15, 0.2) is 29.2 Å². The summed E-state index contributed by atoms with van der Waals surface area (Å²) in [7, 11) is -2.34. The molecule has 0 saturated carbocycles. The molecule has 124 valence electrons. The van der Waals surface area contributed by atoms with Crippen molar-refractivity contribution in [2.24, 2.45) is 0 Å². The van der Waals surface area contributed by atoms with Crippen molar-refractivity contribution < 1.29 is 17.9 Å². The number of likely N-dealkylation sites (N-methyl/N-ethyl adjacent to an activating group) is 1. The molecule has 0 aliphatic carbocycles. The molecule has 1 N–H and O–H groups in total. The van der Waals surface area contributed by atoms with Crippen molar-refractivity contribution in [2.75, 3.05) is 33.4 Å². The van der Waals surface area contributed by atoms with E-state index >= 15 is 0 Å². The van der Waals surface area contributed by atoms with Gasteiger partial charge in [0.25, 0.3) is 0 Å². The van der Waals surface area contributed by atoms with Gasteiger partial charge in [-0.1, -0.05) is 11.6 Å². The molecule has 8 heteroatoms. The largest absolute Gasteiger partial charge is 0.382 e. The van der Waals surface area contributed by atoms with E-state index in [4.69, 9.17) is 16.3 Å². The van der Waals surface area contributed by atoms with E-state index in [0.717, 1.165) is 4.31 Å². The molecule has 0 heterocycles. The molecule has 0 radical (unpaired) electrons. The minimum atomic E-state index is -3.70. The number of hydrogen-bond donors (Lipinski definition) is 1. The molecule has 0 atom stereocenters. The Morgan fingerprint density at radius 1 is 1.32 bits per heavy atom. The predicted molar refractivity (Wildman–Crippen MR) is 85.4 cm³/mol. The van der Waals surface area contributed by atoms with Gasteiger partial charge in [0.05, 0.1) is 11.4 Å². The van der Waals surface area contributed by atoms with Crippen LogP contribution in [-0.4, -0.2) is 52.0 Å². The van der Waals surface area contributed by atoms with Crippen LogP contribution in [0.1, 0.15) is 13.3 Å². The number of rotatable bonds is 9. The van der Waals surface area contributed by atoms with Crippen LogP contribution in [0.3, 0.4) is 0 Å². The fourth-order valence-electron chi connectivity index (χ4n) is 1.68. The maximum Gasteiger partial charge on any atom is 0.243 e. The smallest absolute Gasteiger partial charge is 0.243 e. The van der Waals surface area contributed by atoms with E-state index in [1.54, 1.807) is 0 Å². The Hall–Kier alpha value is -1.15. The highest BCUT2D eigenvalue weighted by atomic mass is 35.5. The minimum Gasteiger partial charge on any atom is -0.382 e. The maximum absolute atomic E-state index is 12.3. The highest BCUT2D eigenvalue weighted by Crippen LogP contribution is 2.17. The van der Waals surface area contributed by atoms with Gasteiger partial charge >= 0.3 is 0 Å². The summed E-state index contributed by atoms with van der Waals surface area (Å²) in [5.74, 6) is -0.350. The monoisotopic (exact) mass is 348 g/mol. The van der Waals surface area contributed by atoms with Crippen LogP contribution in [0.5, 0.6) is 0 Å². The van der Waals surface area contributed by atoms with E-state index < -0.39 is 10.0 Å². The Labute approximate surface area is 136 Å². The second-order valence-electron chi connectivity index (χ2n) is 4.62. The molecular weight excluding hydrogens is 328 g/mol. The summed E-state index contributed by atoms with van der Waals surface area (Å²) < 4.78 is 30.7. The molecule has 1 rings (SSSR count). The summed E-state index contributed by atoms with van der Waals surface area (Å²) in [4.78, 5) is 11.8. The molecule has 22 heavy (non-hydrogen) atoms. The summed E-state index contributed by atoms with van der Waals surface area (Å²) >= 11 is 5.74. The van der Waals surface area contributed by atoms with E-state index in [1.807, 2.05) is 6.92 Å². The van der Waals surface area contributed by atoms with Crippen molar-refractivity contribution in [2.45, 2.75) is 18.2 Å². The van der Waals surface area contributed by atoms with Gasteiger partial charge in [-0.25, -0.2) is 8.42 Å². The van der Waals surface area contributed by atoms with Crippen LogP contribution in [0.4, 0.5) is 0 Å². The van der Waals surface area contributed by atoms with Crippen molar-refractivity contribution in [3.05, 3.63) is 29.3 Å². The Kier molecular flexibility index (Phi) is 7.81. The van der Waals surface area contributed by atoms with Gasteiger partial charge in [-0.15, -0.1) is 0 Å². The van der Waals surface area contributed by atoms with Crippen molar-refractivity contribution in [3.8, 4) is 0 Å². The normalized spacial score (nSPS) is 11.6. The number of sulfonamides is 1. The van der Waals surface area contributed by atoms with Gasteiger partial charge in [0.2, 0.25) is 15.9 Å². The standard InChI is InChI=1S/C14H21ClN2O4S/c1-3-21-10-4-9-16-14(18)11-17(2)22(19,20)13-7-5-12(15)6-8-13/h5-8H,3-4,9-11H2,1-2H3,(H,16,18). The second kappa shape index (κ2) is 9.09. The molecule has 1 amide bonds. The molecule has 1 aromatic carbocycles. The Morgan fingerprint density at radius 2 is 1.95 bits per heavy atom. The van der Waals surface area contributed by atoms with Crippen LogP contribution in [0.25, 0.3) is 0 Å². The summed E-state index contributed by atoms with van der Waals surface area (Å²) in [5.41, 5.74) is 0. The number of halogens is 1. The fourth-order valence-corrected chi connectivity index (χ4v) is 2.93. The number of hydrogen-bond acceptors (Lipinski definition) is 4. The quantitative estimate of drug-likeness (QED) is 0.686. The SMILES string of the molecule is CCOCCCNC(=O)CN(C)S(=O)(=O)c1ccc(Cl)cc1. The van der Waals surface area contributed by atoms with Gasteiger partial charge in [0.1, 0.15) is 0 Å². The van der Waals surface area contributed by atoms with Gasteiger partial charge in [-0.05, 0) is 37.6 Å². The first-order valence-electron chi connectivity index (χ1n) is 6.94. The zero-order valence-corrected chi connectivity index (χ0v) is 14.3. The predicted octanol–water partition coefficient (Wildman–Crippen LogP) is 1.50. The number of ether oxygens (including phenoxy) is 1. The zero-order valence-electron chi connectivity index (χ0n) is 12.7. The molecule has 0 bridgehead atoms.